The van der Waals surface area contributed by atoms with E-state index in [1.165, 1.54) is 0 Å². The lowest BCUT2D eigenvalue weighted by Gasteiger charge is -2.33. The van der Waals surface area contributed by atoms with Gasteiger partial charge in [0.15, 0.2) is 5.82 Å². The number of anilines is 2. The van der Waals surface area contributed by atoms with E-state index >= 15 is 0 Å². The average Bonchev–Trinajstić information content (AvgIpc) is 2.65. The van der Waals surface area contributed by atoms with Crippen molar-refractivity contribution in [2.45, 2.75) is 33.2 Å². The third-order valence-corrected chi connectivity index (χ3v) is 3.52. The Labute approximate surface area is 102 Å². The molecule has 1 aliphatic heterocycles. The lowest BCUT2D eigenvalue weighted by Crippen LogP contribution is -2.38. The fraction of sp³-hybridized carbons (Fsp3) is 0.750. The van der Waals surface area contributed by atoms with E-state index in [0.717, 1.165) is 49.7 Å². The number of hydrogen-bond acceptors (Lipinski definition) is 4. The van der Waals surface area contributed by atoms with Crippen LogP contribution in [0.2, 0.25) is 0 Å². The van der Waals surface area contributed by atoms with Gasteiger partial charge in [-0.1, -0.05) is 0 Å². The first kappa shape index (κ1) is 12.2. The van der Waals surface area contributed by atoms with Gasteiger partial charge in [-0.25, -0.2) is 4.68 Å². The minimum Gasteiger partial charge on any atom is -0.396 e. The molecule has 5 nitrogen and oxygen atoms in total. The SMILES string of the molecule is CCn1nc(C)c(N)c1N1CCCC(CO)C1. The van der Waals surface area contributed by atoms with Crippen molar-refractivity contribution in [2.75, 3.05) is 30.3 Å². The number of nitrogens with zero attached hydrogens (tertiary/aromatic N) is 3. The van der Waals surface area contributed by atoms with E-state index < -0.39 is 0 Å². The van der Waals surface area contributed by atoms with E-state index in [0.29, 0.717) is 5.92 Å². The molecule has 2 heterocycles. The summed E-state index contributed by atoms with van der Waals surface area (Å²) in [7, 11) is 0. The van der Waals surface area contributed by atoms with E-state index in [4.69, 9.17) is 5.73 Å². The minimum atomic E-state index is 0.260. The van der Waals surface area contributed by atoms with Gasteiger partial charge < -0.3 is 15.7 Å². The number of hydrogen-bond donors (Lipinski definition) is 2. The molecule has 5 heteroatoms. The Hall–Kier alpha value is -1.23. The van der Waals surface area contributed by atoms with E-state index in [-0.39, 0.29) is 6.61 Å². The highest BCUT2D eigenvalue weighted by Crippen LogP contribution is 2.30. The van der Waals surface area contributed by atoms with Gasteiger partial charge in [0.25, 0.3) is 0 Å². The van der Waals surface area contributed by atoms with Crippen molar-refractivity contribution >= 4 is 11.5 Å². The average molecular weight is 238 g/mol. The minimum absolute atomic E-state index is 0.260. The first-order valence-corrected chi connectivity index (χ1v) is 6.36. The summed E-state index contributed by atoms with van der Waals surface area (Å²) in [4.78, 5) is 2.27. The predicted octanol–water partition coefficient (Wildman–Crippen LogP) is 1.00. The van der Waals surface area contributed by atoms with E-state index in [1.54, 1.807) is 0 Å². The van der Waals surface area contributed by atoms with E-state index in [9.17, 15) is 5.11 Å². The Kier molecular flexibility index (Phi) is 3.57. The van der Waals surface area contributed by atoms with Crippen LogP contribution >= 0.6 is 0 Å². The molecular weight excluding hydrogens is 216 g/mol. The number of aryl methyl sites for hydroxylation is 2. The Morgan fingerprint density at radius 2 is 2.29 bits per heavy atom. The van der Waals surface area contributed by atoms with Crippen molar-refractivity contribution in [3.63, 3.8) is 0 Å². The number of nitrogens with two attached hydrogens (primary N) is 1. The van der Waals surface area contributed by atoms with Crippen molar-refractivity contribution in [1.29, 1.82) is 0 Å². The predicted molar refractivity (Wildman–Crippen MR) is 69.1 cm³/mol. The van der Waals surface area contributed by atoms with Gasteiger partial charge >= 0.3 is 0 Å². The highest BCUT2D eigenvalue weighted by atomic mass is 16.3. The number of aromatic nitrogens is 2. The maximum absolute atomic E-state index is 9.28. The lowest BCUT2D eigenvalue weighted by atomic mass is 9.99. The topological polar surface area (TPSA) is 67.3 Å². The first-order chi connectivity index (χ1) is 8.17. The zero-order chi connectivity index (χ0) is 12.4. The smallest absolute Gasteiger partial charge is 0.150 e. The molecule has 3 N–H and O–H groups in total. The molecule has 1 aliphatic rings. The fourth-order valence-electron chi connectivity index (χ4n) is 2.54. The Bertz CT molecular complexity index is 388. The number of piperidine rings is 1. The number of aliphatic hydroxyl groups is 1. The van der Waals surface area contributed by atoms with Gasteiger partial charge in [-0.05, 0) is 32.6 Å². The molecule has 1 aromatic heterocycles. The van der Waals surface area contributed by atoms with Gasteiger partial charge in [0, 0.05) is 26.2 Å². The second-order valence-electron chi connectivity index (χ2n) is 4.78. The Morgan fingerprint density at radius 3 is 2.94 bits per heavy atom. The van der Waals surface area contributed by atoms with Crippen molar-refractivity contribution < 1.29 is 5.11 Å². The van der Waals surface area contributed by atoms with Crippen molar-refractivity contribution in [3.8, 4) is 0 Å². The van der Waals surface area contributed by atoms with Crippen LogP contribution < -0.4 is 10.6 Å². The summed E-state index contributed by atoms with van der Waals surface area (Å²) in [6, 6.07) is 0. The molecule has 1 aromatic rings. The van der Waals surface area contributed by atoms with Gasteiger partial charge in [-0.2, -0.15) is 5.10 Å². The fourth-order valence-corrected chi connectivity index (χ4v) is 2.54. The molecule has 0 aromatic carbocycles. The standard InChI is InChI=1S/C12H22N4O/c1-3-16-12(11(13)9(2)14-16)15-6-4-5-10(7-15)8-17/h10,17H,3-8,13H2,1-2H3. The van der Waals surface area contributed by atoms with Crippen LogP contribution in [0.4, 0.5) is 11.5 Å². The van der Waals surface area contributed by atoms with Crippen LogP contribution in [0.5, 0.6) is 0 Å². The number of nitrogen functional groups attached to an aromatic ring is 1. The highest BCUT2D eigenvalue weighted by molar-refractivity contribution is 5.66. The molecule has 96 valence electrons. The first-order valence-electron chi connectivity index (χ1n) is 6.36. The zero-order valence-corrected chi connectivity index (χ0v) is 10.7. The summed E-state index contributed by atoms with van der Waals surface area (Å²) in [5.74, 6) is 1.40. The van der Waals surface area contributed by atoms with E-state index in [1.807, 2.05) is 11.6 Å². The normalized spacial score (nSPS) is 20.9. The van der Waals surface area contributed by atoms with Crippen molar-refractivity contribution in [2.24, 2.45) is 5.92 Å². The maximum Gasteiger partial charge on any atom is 0.150 e. The largest absolute Gasteiger partial charge is 0.396 e. The van der Waals surface area contributed by atoms with Gasteiger partial charge in [-0.3, -0.25) is 0 Å². The molecule has 1 saturated heterocycles. The van der Waals surface area contributed by atoms with Crippen molar-refractivity contribution in [3.05, 3.63) is 5.69 Å². The van der Waals surface area contributed by atoms with Gasteiger partial charge in [0.05, 0.1) is 11.4 Å². The molecular formula is C12H22N4O. The number of rotatable bonds is 3. The molecule has 0 amide bonds. The zero-order valence-electron chi connectivity index (χ0n) is 10.7. The summed E-state index contributed by atoms with van der Waals surface area (Å²) in [6.45, 7) is 6.99. The molecule has 1 fully saturated rings. The van der Waals surface area contributed by atoms with Gasteiger partial charge in [0.2, 0.25) is 0 Å². The Morgan fingerprint density at radius 1 is 1.53 bits per heavy atom. The molecule has 0 aliphatic carbocycles. The highest BCUT2D eigenvalue weighted by Gasteiger charge is 2.24. The van der Waals surface area contributed by atoms with Gasteiger partial charge in [0.1, 0.15) is 0 Å². The molecule has 0 bridgehead atoms. The molecule has 17 heavy (non-hydrogen) atoms. The second kappa shape index (κ2) is 4.96. The van der Waals surface area contributed by atoms with Crippen LogP contribution in [-0.2, 0) is 6.54 Å². The van der Waals surface area contributed by atoms with Crippen LogP contribution in [0.1, 0.15) is 25.5 Å². The summed E-state index contributed by atoms with van der Waals surface area (Å²) in [5.41, 5.74) is 7.79. The summed E-state index contributed by atoms with van der Waals surface area (Å²) in [5, 5.41) is 13.7. The molecule has 0 spiro atoms. The Balaban J connectivity index is 2.26. The molecule has 1 atom stereocenters. The quantitative estimate of drug-likeness (QED) is 0.824. The molecule has 1 unspecified atom stereocenters. The van der Waals surface area contributed by atoms with Gasteiger partial charge in [-0.15, -0.1) is 0 Å². The van der Waals surface area contributed by atoms with Crippen LogP contribution in [0.15, 0.2) is 0 Å². The third-order valence-electron chi connectivity index (χ3n) is 3.52. The van der Waals surface area contributed by atoms with E-state index in [2.05, 4.69) is 16.9 Å². The van der Waals surface area contributed by atoms with Crippen molar-refractivity contribution in [1.82, 2.24) is 9.78 Å². The molecule has 0 saturated carbocycles. The third kappa shape index (κ3) is 2.24. The number of aliphatic hydroxyl groups excluding tert-OH is 1. The molecule has 2 rings (SSSR count). The van der Waals surface area contributed by atoms with Crippen LogP contribution in [0, 0.1) is 12.8 Å². The second-order valence-corrected chi connectivity index (χ2v) is 4.78. The monoisotopic (exact) mass is 238 g/mol. The van der Waals surface area contributed by atoms with Crippen LogP contribution in [-0.4, -0.2) is 34.6 Å². The lowest BCUT2D eigenvalue weighted by molar-refractivity contribution is 0.208. The molecule has 0 radical (unpaired) electrons. The maximum atomic E-state index is 9.28. The van der Waals surface area contributed by atoms with Crippen LogP contribution in [0.25, 0.3) is 0 Å². The summed E-state index contributed by atoms with van der Waals surface area (Å²) < 4.78 is 1.96. The summed E-state index contributed by atoms with van der Waals surface area (Å²) in [6.07, 6.45) is 2.21. The summed E-state index contributed by atoms with van der Waals surface area (Å²) >= 11 is 0. The van der Waals surface area contributed by atoms with Crippen LogP contribution in [0.3, 0.4) is 0 Å².